The lowest BCUT2D eigenvalue weighted by Crippen LogP contribution is -2.02. The molecule has 80 valence electrons. The minimum Gasteiger partial charge on any atom is -0.435 e. The molecule has 1 aromatic carbocycles. The van der Waals surface area contributed by atoms with Gasteiger partial charge in [-0.1, -0.05) is 19.9 Å². The molecule has 14 heavy (non-hydrogen) atoms. The molecule has 0 N–H and O–H groups in total. The van der Waals surface area contributed by atoms with Crippen molar-refractivity contribution in [2.45, 2.75) is 34.3 Å². The molecule has 0 aliphatic carbocycles. The summed E-state index contributed by atoms with van der Waals surface area (Å²) in [5.74, 6) is 0.225. The largest absolute Gasteiger partial charge is 0.435 e. The van der Waals surface area contributed by atoms with E-state index < -0.39 is 6.61 Å². The molecule has 1 aromatic rings. The Bertz CT molecular complexity index is 252. The SMILES string of the molecule is CC.Cc1cc(C)cc(OC(F)F)c1. The number of alkyl halides is 2. The Kier molecular flexibility index (Phi) is 5.84. The van der Waals surface area contributed by atoms with E-state index in [9.17, 15) is 8.78 Å². The van der Waals surface area contributed by atoms with Crippen LogP contribution in [0.1, 0.15) is 25.0 Å². The van der Waals surface area contributed by atoms with Gasteiger partial charge in [-0.3, -0.25) is 0 Å². The van der Waals surface area contributed by atoms with E-state index in [0.717, 1.165) is 11.1 Å². The van der Waals surface area contributed by atoms with Crippen molar-refractivity contribution < 1.29 is 13.5 Å². The average molecular weight is 202 g/mol. The van der Waals surface area contributed by atoms with Gasteiger partial charge in [-0.15, -0.1) is 0 Å². The number of hydrogen-bond donors (Lipinski definition) is 0. The van der Waals surface area contributed by atoms with Crippen LogP contribution in [-0.4, -0.2) is 6.61 Å². The maximum absolute atomic E-state index is 11.8. The summed E-state index contributed by atoms with van der Waals surface area (Å²) in [6.45, 7) is 4.93. The average Bonchev–Trinajstić information content (AvgIpc) is 2.04. The zero-order valence-electron chi connectivity index (χ0n) is 8.97. The molecule has 0 aliphatic heterocycles. The van der Waals surface area contributed by atoms with Gasteiger partial charge in [0, 0.05) is 0 Å². The van der Waals surface area contributed by atoms with Crippen molar-refractivity contribution in [1.82, 2.24) is 0 Å². The summed E-state index contributed by atoms with van der Waals surface area (Å²) in [6, 6.07) is 5.07. The highest BCUT2D eigenvalue weighted by Crippen LogP contribution is 2.17. The minimum absolute atomic E-state index is 0.225. The second-order valence-corrected chi connectivity index (χ2v) is 2.70. The fourth-order valence-corrected chi connectivity index (χ4v) is 1.10. The lowest BCUT2D eigenvalue weighted by Gasteiger charge is -2.05. The summed E-state index contributed by atoms with van der Waals surface area (Å²) < 4.78 is 27.8. The van der Waals surface area contributed by atoms with E-state index in [-0.39, 0.29) is 5.75 Å². The zero-order chi connectivity index (χ0) is 11.1. The molecule has 1 rings (SSSR count). The van der Waals surface area contributed by atoms with E-state index in [1.807, 2.05) is 33.8 Å². The van der Waals surface area contributed by atoms with Crippen LogP contribution in [0.2, 0.25) is 0 Å². The molecule has 0 atom stereocenters. The van der Waals surface area contributed by atoms with Gasteiger partial charge in [0.05, 0.1) is 0 Å². The first-order valence-corrected chi connectivity index (χ1v) is 4.61. The normalized spacial score (nSPS) is 9.36. The third-order valence-corrected chi connectivity index (χ3v) is 1.42. The van der Waals surface area contributed by atoms with Crippen molar-refractivity contribution in [1.29, 1.82) is 0 Å². The molecule has 0 unspecified atom stereocenters. The molecule has 0 saturated carbocycles. The highest BCUT2D eigenvalue weighted by molar-refractivity contribution is 5.32. The molecule has 0 saturated heterocycles. The molecule has 0 aliphatic rings. The quantitative estimate of drug-likeness (QED) is 0.706. The smallest absolute Gasteiger partial charge is 0.387 e. The Morgan fingerprint density at radius 2 is 1.43 bits per heavy atom. The van der Waals surface area contributed by atoms with Gasteiger partial charge in [-0.25, -0.2) is 0 Å². The summed E-state index contributed by atoms with van der Waals surface area (Å²) in [7, 11) is 0. The summed E-state index contributed by atoms with van der Waals surface area (Å²) in [6.07, 6.45) is 0. The first-order chi connectivity index (χ1) is 6.58. The topological polar surface area (TPSA) is 9.23 Å². The van der Waals surface area contributed by atoms with E-state index in [0.29, 0.717) is 0 Å². The van der Waals surface area contributed by atoms with Crippen molar-refractivity contribution in [2.75, 3.05) is 0 Å². The van der Waals surface area contributed by atoms with Gasteiger partial charge in [0.25, 0.3) is 0 Å². The zero-order valence-corrected chi connectivity index (χ0v) is 8.97. The highest BCUT2D eigenvalue weighted by atomic mass is 19.3. The molecular formula is C11H16F2O. The van der Waals surface area contributed by atoms with Crippen LogP contribution in [0.15, 0.2) is 18.2 Å². The molecule has 0 radical (unpaired) electrons. The van der Waals surface area contributed by atoms with Crippen molar-refractivity contribution in [2.24, 2.45) is 0 Å². The maximum Gasteiger partial charge on any atom is 0.387 e. The fraction of sp³-hybridized carbons (Fsp3) is 0.455. The Morgan fingerprint density at radius 1 is 1.00 bits per heavy atom. The number of halogens is 2. The highest BCUT2D eigenvalue weighted by Gasteiger charge is 2.04. The molecule has 1 nitrogen and oxygen atoms in total. The van der Waals surface area contributed by atoms with Gasteiger partial charge in [0.1, 0.15) is 5.75 Å². The third-order valence-electron chi connectivity index (χ3n) is 1.42. The lowest BCUT2D eigenvalue weighted by atomic mass is 10.1. The van der Waals surface area contributed by atoms with Crippen molar-refractivity contribution in [3.05, 3.63) is 29.3 Å². The summed E-state index contributed by atoms with van der Waals surface area (Å²) in [5.41, 5.74) is 1.84. The van der Waals surface area contributed by atoms with Gasteiger partial charge in [-0.2, -0.15) is 8.78 Å². The first kappa shape index (κ1) is 12.9. The molecule has 0 amide bonds. The van der Waals surface area contributed by atoms with Crippen LogP contribution >= 0.6 is 0 Å². The molecule has 3 heteroatoms. The Labute approximate surface area is 83.7 Å². The first-order valence-electron chi connectivity index (χ1n) is 4.61. The second-order valence-electron chi connectivity index (χ2n) is 2.70. The van der Waals surface area contributed by atoms with Gasteiger partial charge in [0.2, 0.25) is 0 Å². The Balaban J connectivity index is 0.000000791. The van der Waals surface area contributed by atoms with E-state index >= 15 is 0 Å². The molecule has 0 aromatic heterocycles. The van der Waals surface area contributed by atoms with E-state index in [1.54, 1.807) is 12.1 Å². The second kappa shape index (κ2) is 6.35. The number of aryl methyl sites for hydroxylation is 2. The van der Waals surface area contributed by atoms with Crippen molar-refractivity contribution in [3.8, 4) is 5.75 Å². The fourth-order valence-electron chi connectivity index (χ4n) is 1.10. The number of benzene rings is 1. The van der Waals surface area contributed by atoms with Crippen LogP contribution < -0.4 is 4.74 Å². The molecular weight excluding hydrogens is 186 g/mol. The molecule has 0 bridgehead atoms. The van der Waals surface area contributed by atoms with Gasteiger partial charge < -0.3 is 4.74 Å². The van der Waals surface area contributed by atoms with Gasteiger partial charge >= 0.3 is 6.61 Å². The van der Waals surface area contributed by atoms with Crippen molar-refractivity contribution >= 4 is 0 Å². The lowest BCUT2D eigenvalue weighted by molar-refractivity contribution is -0.0498. The van der Waals surface area contributed by atoms with Gasteiger partial charge in [-0.05, 0) is 37.1 Å². The van der Waals surface area contributed by atoms with Crippen LogP contribution in [0.25, 0.3) is 0 Å². The maximum atomic E-state index is 11.8. The van der Waals surface area contributed by atoms with Gasteiger partial charge in [0.15, 0.2) is 0 Å². The predicted octanol–water partition coefficient (Wildman–Crippen LogP) is 3.93. The summed E-state index contributed by atoms with van der Waals surface area (Å²) >= 11 is 0. The molecule has 0 fully saturated rings. The van der Waals surface area contributed by atoms with E-state index in [1.165, 1.54) is 0 Å². The van der Waals surface area contributed by atoms with Crippen LogP contribution in [0, 0.1) is 13.8 Å². The van der Waals surface area contributed by atoms with Crippen LogP contribution in [-0.2, 0) is 0 Å². The predicted molar refractivity (Wildman–Crippen MR) is 53.9 cm³/mol. The number of hydrogen-bond acceptors (Lipinski definition) is 1. The monoisotopic (exact) mass is 202 g/mol. The van der Waals surface area contributed by atoms with Crippen LogP contribution in [0.5, 0.6) is 5.75 Å². The minimum atomic E-state index is -2.74. The van der Waals surface area contributed by atoms with Crippen LogP contribution in [0.3, 0.4) is 0 Å². The number of ether oxygens (including phenoxy) is 1. The Morgan fingerprint density at radius 3 is 1.79 bits per heavy atom. The summed E-state index contributed by atoms with van der Waals surface area (Å²) in [4.78, 5) is 0. The van der Waals surface area contributed by atoms with E-state index in [2.05, 4.69) is 4.74 Å². The molecule has 0 spiro atoms. The van der Waals surface area contributed by atoms with Crippen molar-refractivity contribution in [3.63, 3.8) is 0 Å². The number of rotatable bonds is 2. The van der Waals surface area contributed by atoms with E-state index in [4.69, 9.17) is 0 Å². The Hall–Kier alpha value is -1.12. The summed E-state index contributed by atoms with van der Waals surface area (Å²) in [5, 5.41) is 0. The third kappa shape index (κ3) is 4.80. The molecule has 0 heterocycles. The standard InChI is InChI=1S/C9H10F2O.C2H6/c1-6-3-7(2)5-8(4-6)12-9(10)11;1-2/h3-5,9H,1-2H3;1-2H3. The van der Waals surface area contributed by atoms with Crippen LogP contribution in [0.4, 0.5) is 8.78 Å².